The molecule has 24 heavy (non-hydrogen) atoms. The van der Waals surface area contributed by atoms with Gasteiger partial charge in [0.2, 0.25) is 12.2 Å². The van der Waals surface area contributed by atoms with Crippen LogP contribution in [0.5, 0.6) is 0 Å². The first-order valence-electron chi connectivity index (χ1n) is 6.90. The van der Waals surface area contributed by atoms with Gasteiger partial charge in [0, 0.05) is 32.8 Å². The Morgan fingerprint density at radius 3 is 2.04 bits per heavy atom. The standard InChI is InChI=1S/C13H19NO9S/c1-6(15)20-9-4-19-13(23-24-5-10(14)18)12(22-8(3)17)11(9)21-7(2)16/h9,11-13H,4-5H2,1-3H3,(H2,14,18)/t9-,11-,12-,13+/m1/s1. The minimum Gasteiger partial charge on any atom is -0.456 e. The summed E-state index contributed by atoms with van der Waals surface area (Å²) in [4.78, 5) is 44.6. The van der Waals surface area contributed by atoms with Crippen LogP contribution >= 0.6 is 12.0 Å². The van der Waals surface area contributed by atoms with Crippen molar-refractivity contribution in [1.82, 2.24) is 0 Å². The second-order valence-electron chi connectivity index (χ2n) is 4.82. The van der Waals surface area contributed by atoms with Crippen molar-refractivity contribution in [3.63, 3.8) is 0 Å². The summed E-state index contributed by atoms with van der Waals surface area (Å²) in [6.45, 7) is 3.32. The van der Waals surface area contributed by atoms with E-state index in [0.717, 1.165) is 13.8 Å². The Labute approximate surface area is 142 Å². The van der Waals surface area contributed by atoms with E-state index in [1.54, 1.807) is 0 Å². The molecule has 2 N–H and O–H groups in total. The zero-order chi connectivity index (χ0) is 18.3. The average molecular weight is 365 g/mol. The molecule has 0 saturated carbocycles. The minimum absolute atomic E-state index is 0.155. The highest BCUT2D eigenvalue weighted by molar-refractivity contribution is 7.95. The topological polar surface area (TPSA) is 140 Å². The van der Waals surface area contributed by atoms with Crippen molar-refractivity contribution in [2.75, 3.05) is 12.4 Å². The van der Waals surface area contributed by atoms with Gasteiger partial charge in [-0.25, -0.2) is 0 Å². The molecule has 1 heterocycles. The average Bonchev–Trinajstić information content (AvgIpc) is 2.42. The molecule has 0 aromatic heterocycles. The van der Waals surface area contributed by atoms with Gasteiger partial charge in [0.1, 0.15) is 0 Å². The molecule has 1 saturated heterocycles. The van der Waals surface area contributed by atoms with Crippen molar-refractivity contribution >= 4 is 35.9 Å². The largest absolute Gasteiger partial charge is 0.456 e. The Morgan fingerprint density at radius 1 is 1.00 bits per heavy atom. The summed E-state index contributed by atoms with van der Waals surface area (Å²) in [5, 5.41) is 0. The van der Waals surface area contributed by atoms with Crippen LogP contribution in [0.2, 0.25) is 0 Å². The normalized spacial score (nSPS) is 26.3. The summed E-state index contributed by atoms with van der Waals surface area (Å²) in [6, 6.07) is 0. The number of hydrogen-bond donors (Lipinski definition) is 1. The van der Waals surface area contributed by atoms with Crippen LogP contribution in [0.25, 0.3) is 0 Å². The molecule has 1 aliphatic rings. The van der Waals surface area contributed by atoms with Gasteiger partial charge < -0.3 is 24.7 Å². The summed E-state index contributed by atoms with van der Waals surface area (Å²) in [7, 11) is 0. The SMILES string of the molecule is CC(=O)O[C@H]1[C@H](OSCC(N)=O)OC[C@@H](OC(C)=O)[C@H]1OC(C)=O. The van der Waals surface area contributed by atoms with Gasteiger partial charge in [-0.3, -0.25) is 23.4 Å². The Morgan fingerprint density at radius 2 is 1.54 bits per heavy atom. The van der Waals surface area contributed by atoms with Crippen LogP contribution in [0.15, 0.2) is 0 Å². The van der Waals surface area contributed by atoms with Crippen molar-refractivity contribution < 1.29 is 42.3 Å². The molecule has 0 aromatic rings. The second kappa shape index (κ2) is 9.45. The number of esters is 3. The van der Waals surface area contributed by atoms with E-state index in [0.29, 0.717) is 12.0 Å². The van der Waals surface area contributed by atoms with Crippen molar-refractivity contribution in [2.45, 2.75) is 45.4 Å². The van der Waals surface area contributed by atoms with E-state index in [-0.39, 0.29) is 12.4 Å². The second-order valence-corrected chi connectivity index (χ2v) is 5.54. The number of amides is 1. The molecular weight excluding hydrogens is 346 g/mol. The van der Waals surface area contributed by atoms with Crippen LogP contribution < -0.4 is 5.73 Å². The van der Waals surface area contributed by atoms with Gasteiger partial charge in [-0.05, 0) is 0 Å². The van der Waals surface area contributed by atoms with E-state index in [4.69, 9.17) is 28.9 Å². The molecule has 0 radical (unpaired) electrons. The molecule has 11 heteroatoms. The van der Waals surface area contributed by atoms with Gasteiger partial charge in [0.25, 0.3) is 0 Å². The van der Waals surface area contributed by atoms with Gasteiger partial charge >= 0.3 is 17.9 Å². The van der Waals surface area contributed by atoms with Crippen LogP contribution in [0.4, 0.5) is 0 Å². The highest BCUT2D eigenvalue weighted by Crippen LogP contribution is 2.27. The van der Waals surface area contributed by atoms with E-state index < -0.39 is 48.4 Å². The van der Waals surface area contributed by atoms with Gasteiger partial charge in [-0.2, -0.15) is 0 Å². The summed E-state index contributed by atoms with van der Waals surface area (Å²) in [5.41, 5.74) is 5.00. The lowest BCUT2D eigenvalue weighted by Crippen LogP contribution is -2.57. The van der Waals surface area contributed by atoms with Gasteiger partial charge in [0.05, 0.1) is 12.4 Å². The summed E-state index contributed by atoms with van der Waals surface area (Å²) < 4.78 is 25.9. The molecule has 4 atom stereocenters. The van der Waals surface area contributed by atoms with Gasteiger partial charge in [-0.1, -0.05) is 0 Å². The van der Waals surface area contributed by atoms with Crippen LogP contribution in [0.3, 0.4) is 0 Å². The smallest absolute Gasteiger partial charge is 0.303 e. The van der Waals surface area contributed by atoms with Crippen molar-refractivity contribution in [3.05, 3.63) is 0 Å². The molecule has 0 unspecified atom stereocenters. The quantitative estimate of drug-likeness (QED) is 0.349. The summed E-state index contributed by atoms with van der Waals surface area (Å²) >= 11 is 0.696. The fourth-order valence-corrected chi connectivity index (χ4v) is 2.43. The van der Waals surface area contributed by atoms with E-state index in [9.17, 15) is 19.2 Å². The predicted molar refractivity (Wildman–Crippen MR) is 79.1 cm³/mol. The van der Waals surface area contributed by atoms with Crippen molar-refractivity contribution in [2.24, 2.45) is 5.73 Å². The lowest BCUT2D eigenvalue weighted by molar-refractivity contribution is -0.257. The van der Waals surface area contributed by atoms with Crippen molar-refractivity contribution in [1.29, 1.82) is 0 Å². The maximum Gasteiger partial charge on any atom is 0.303 e. The minimum atomic E-state index is -1.19. The lowest BCUT2D eigenvalue weighted by atomic mass is 10.0. The van der Waals surface area contributed by atoms with E-state index >= 15 is 0 Å². The molecule has 0 aromatic carbocycles. The first-order valence-corrected chi connectivity index (χ1v) is 7.81. The number of carbonyl (C=O) groups excluding carboxylic acids is 4. The predicted octanol–water partition coefficient (Wildman–Crippen LogP) is -0.712. The molecule has 1 fully saturated rings. The number of primary amides is 1. The third-order valence-corrected chi connectivity index (χ3v) is 3.40. The third-order valence-electron chi connectivity index (χ3n) is 2.67. The number of hydrogen-bond acceptors (Lipinski definition) is 10. The van der Waals surface area contributed by atoms with Gasteiger partial charge in [-0.15, -0.1) is 0 Å². The Hall–Kier alpha value is -1.85. The Bertz CT molecular complexity index is 498. The maximum atomic E-state index is 11.3. The fraction of sp³-hybridized carbons (Fsp3) is 0.692. The molecule has 136 valence electrons. The van der Waals surface area contributed by atoms with Gasteiger partial charge in [0.15, 0.2) is 18.3 Å². The van der Waals surface area contributed by atoms with E-state index in [2.05, 4.69) is 0 Å². The lowest BCUT2D eigenvalue weighted by Gasteiger charge is -2.39. The zero-order valence-corrected chi connectivity index (χ0v) is 14.2. The zero-order valence-electron chi connectivity index (χ0n) is 13.4. The molecule has 0 aliphatic carbocycles. The molecule has 0 bridgehead atoms. The van der Waals surface area contributed by atoms with Crippen LogP contribution in [-0.2, 0) is 42.3 Å². The first kappa shape index (κ1) is 20.2. The maximum absolute atomic E-state index is 11.3. The molecule has 0 spiro atoms. The number of rotatable bonds is 7. The monoisotopic (exact) mass is 365 g/mol. The third kappa shape index (κ3) is 6.72. The van der Waals surface area contributed by atoms with Crippen LogP contribution in [0.1, 0.15) is 20.8 Å². The van der Waals surface area contributed by atoms with Crippen LogP contribution in [-0.4, -0.2) is 60.8 Å². The molecule has 1 amide bonds. The molecule has 1 aliphatic heterocycles. The highest BCUT2D eigenvalue weighted by atomic mass is 32.2. The Kier molecular flexibility index (Phi) is 7.95. The molecular formula is C13H19NO9S. The first-order chi connectivity index (χ1) is 11.2. The molecule has 10 nitrogen and oxygen atoms in total. The number of carbonyl (C=O) groups is 4. The highest BCUT2D eigenvalue weighted by Gasteiger charge is 2.47. The number of nitrogens with two attached hydrogens (primary N) is 1. The fourth-order valence-electron chi connectivity index (χ4n) is 1.95. The van der Waals surface area contributed by atoms with E-state index in [1.807, 2.05) is 0 Å². The summed E-state index contributed by atoms with van der Waals surface area (Å²) in [5.74, 6) is -2.74. The summed E-state index contributed by atoms with van der Waals surface area (Å²) in [6.07, 6.45) is -4.43. The molecule has 1 rings (SSSR count). The number of ether oxygens (including phenoxy) is 4. The van der Waals surface area contributed by atoms with E-state index in [1.165, 1.54) is 6.92 Å². The van der Waals surface area contributed by atoms with Crippen LogP contribution in [0, 0.1) is 0 Å². The Balaban J connectivity index is 2.92. The van der Waals surface area contributed by atoms with Crippen molar-refractivity contribution in [3.8, 4) is 0 Å².